The van der Waals surface area contributed by atoms with Crippen LogP contribution in [0.25, 0.3) is 0 Å². The number of carboxylic acids is 1. The van der Waals surface area contributed by atoms with Gasteiger partial charge in [-0.1, -0.05) is 0 Å². The summed E-state index contributed by atoms with van der Waals surface area (Å²) in [5.41, 5.74) is -0.636. The zero-order valence-electron chi connectivity index (χ0n) is 11.6. The van der Waals surface area contributed by atoms with E-state index in [4.69, 9.17) is 5.11 Å². The number of H-pyrrole nitrogens is 1. The number of nitrogens with zero attached hydrogens (tertiary/aromatic N) is 1. The van der Waals surface area contributed by atoms with Crippen LogP contribution in [-0.2, 0) is 16.3 Å². The Labute approximate surface area is 124 Å². The fourth-order valence-electron chi connectivity index (χ4n) is 2.19. The molecule has 1 heterocycles. The smallest absolute Gasteiger partial charge is 0.353 e. The van der Waals surface area contributed by atoms with Crippen molar-refractivity contribution in [3.8, 4) is 0 Å². The zero-order chi connectivity index (χ0) is 15.5. The maximum Gasteiger partial charge on any atom is 0.353 e. The first-order valence-corrected chi connectivity index (χ1v) is 8.30. The topological polar surface area (TPSA) is 124 Å². The summed E-state index contributed by atoms with van der Waals surface area (Å²) < 4.78 is 10.9. The van der Waals surface area contributed by atoms with Crippen LogP contribution in [0.15, 0.2) is 6.20 Å². The third-order valence-electron chi connectivity index (χ3n) is 3.49. The molecule has 0 radical (unpaired) electrons. The number of hydrogen-bond donors (Lipinski definition) is 4. The lowest BCUT2D eigenvalue weighted by Crippen LogP contribution is -2.54. The largest absolute Gasteiger partial charge is 0.477 e. The highest BCUT2D eigenvalue weighted by Crippen LogP contribution is 2.39. The van der Waals surface area contributed by atoms with Crippen LogP contribution in [0.1, 0.15) is 35.6 Å². The third-order valence-corrected chi connectivity index (χ3v) is 4.27. The molecule has 21 heavy (non-hydrogen) atoms. The Morgan fingerprint density at radius 1 is 1.52 bits per heavy atom. The van der Waals surface area contributed by atoms with Gasteiger partial charge in [-0.05, 0) is 19.3 Å². The summed E-state index contributed by atoms with van der Waals surface area (Å²) in [7, 11) is -0.957. The van der Waals surface area contributed by atoms with Crippen LogP contribution in [0.3, 0.4) is 0 Å². The molecule has 1 unspecified atom stereocenters. The molecular formula is C12H18N4O4S. The van der Waals surface area contributed by atoms with E-state index < -0.39 is 22.3 Å². The summed E-state index contributed by atoms with van der Waals surface area (Å²) in [6.45, 7) is 0.323. The summed E-state index contributed by atoms with van der Waals surface area (Å²) in [6.07, 6.45) is 5.16. The second kappa shape index (κ2) is 6.25. The van der Waals surface area contributed by atoms with E-state index in [1.165, 1.54) is 6.20 Å². The fraction of sp³-hybridized carbons (Fsp3) is 0.583. The predicted octanol–water partition coefficient (Wildman–Crippen LogP) is 0.165. The van der Waals surface area contributed by atoms with Crippen molar-refractivity contribution < 1.29 is 18.9 Å². The van der Waals surface area contributed by atoms with Gasteiger partial charge in [0.25, 0.3) is 0 Å². The SMILES string of the molecule is CS(=O)CCNC(=O)NC1(c2ncc(C(=O)O)[nH]2)CCC1. The summed E-state index contributed by atoms with van der Waals surface area (Å²) in [5.74, 6) is -0.233. The maximum atomic E-state index is 11.9. The number of rotatable bonds is 6. The molecule has 2 rings (SSSR count). The van der Waals surface area contributed by atoms with Gasteiger partial charge in [0.05, 0.1) is 11.7 Å². The highest BCUT2D eigenvalue weighted by molar-refractivity contribution is 7.84. The van der Waals surface area contributed by atoms with Crippen LogP contribution in [-0.4, -0.2) is 49.8 Å². The van der Waals surface area contributed by atoms with Gasteiger partial charge in [0.15, 0.2) is 0 Å². The Balaban J connectivity index is 1.99. The molecule has 8 nitrogen and oxygen atoms in total. The number of carbonyl (C=O) groups excluding carboxylic acids is 1. The second-order valence-corrected chi connectivity index (χ2v) is 6.60. The molecule has 9 heteroatoms. The molecule has 0 spiro atoms. The zero-order valence-corrected chi connectivity index (χ0v) is 12.5. The lowest BCUT2D eigenvalue weighted by Gasteiger charge is -2.40. The van der Waals surface area contributed by atoms with Crippen LogP contribution in [0.4, 0.5) is 4.79 Å². The average Bonchev–Trinajstić information content (AvgIpc) is 2.83. The van der Waals surface area contributed by atoms with Crippen molar-refractivity contribution in [1.82, 2.24) is 20.6 Å². The van der Waals surface area contributed by atoms with Crippen molar-refractivity contribution >= 4 is 22.8 Å². The Morgan fingerprint density at radius 2 is 2.24 bits per heavy atom. The van der Waals surface area contributed by atoms with E-state index in [0.717, 1.165) is 6.42 Å². The van der Waals surface area contributed by atoms with E-state index in [9.17, 15) is 13.8 Å². The molecule has 0 bridgehead atoms. The summed E-state index contributed by atoms with van der Waals surface area (Å²) in [5, 5.41) is 14.4. The molecule has 2 amide bonds. The van der Waals surface area contributed by atoms with Gasteiger partial charge < -0.3 is 20.7 Å². The Hall–Kier alpha value is -1.90. The van der Waals surface area contributed by atoms with Crippen molar-refractivity contribution in [2.24, 2.45) is 0 Å². The molecule has 1 aliphatic rings. The number of nitrogens with one attached hydrogen (secondary N) is 3. The minimum atomic E-state index is -1.09. The highest BCUT2D eigenvalue weighted by Gasteiger charge is 2.42. The molecule has 4 N–H and O–H groups in total. The second-order valence-electron chi connectivity index (χ2n) is 5.04. The molecule has 116 valence electrons. The highest BCUT2D eigenvalue weighted by atomic mass is 32.2. The van der Waals surface area contributed by atoms with Gasteiger partial charge in [-0.25, -0.2) is 14.6 Å². The molecule has 1 aromatic heterocycles. The van der Waals surface area contributed by atoms with Crippen molar-refractivity contribution in [2.45, 2.75) is 24.8 Å². The van der Waals surface area contributed by atoms with Crippen molar-refractivity contribution in [1.29, 1.82) is 0 Å². The quantitative estimate of drug-likeness (QED) is 0.595. The third kappa shape index (κ3) is 3.60. The number of amides is 2. The van der Waals surface area contributed by atoms with Gasteiger partial charge in [0, 0.05) is 29.4 Å². The van der Waals surface area contributed by atoms with E-state index in [1.54, 1.807) is 6.26 Å². The minimum absolute atomic E-state index is 0.000127. The molecular weight excluding hydrogens is 296 g/mol. The molecule has 0 aromatic carbocycles. The Bertz CT molecular complexity index is 567. The van der Waals surface area contributed by atoms with E-state index in [2.05, 4.69) is 20.6 Å². The van der Waals surface area contributed by atoms with E-state index in [-0.39, 0.29) is 11.7 Å². The normalized spacial score (nSPS) is 17.6. The van der Waals surface area contributed by atoms with E-state index in [0.29, 0.717) is 31.0 Å². The Kier molecular flexibility index (Phi) is 4.61. The molecule has 1 aromatic rings. The van der Waals surface area contributed by atoms with E-state index >= 15 is 0 Å². The van der Waals surface area contributed by atoms with Crippen LogP contribution in [0.5, 0.6) is 0 Å². The lowest BCUT2D eigenvalue weighted by atomic mass is 9.76. The number of urea groups is 1. The van der Waals surface area contributed by atoms with Gasteiger partial charge >= 0.3 is 12.0 Å². The maximum absolute atomic E-state index is 11.9. The molecule has 1 aliphatic carbocycles. The number of carbonyl (C=O) groups is 2. The van der Waals surface area contributed by atoms with Crippen LogP contribution in [0.2, 0.25) is 0 Å². The fourth-order valence-corrected chi connectivity index (χ4v) is 2.58. The summed E-state index contributed by atoms with van der Waals surface area (Å²) in [6, 6.07) is -0.367. The number of aromatic nitrogens is 2. The van der Waals surface area contributed by atoms with Crippen molar-refractivity contribution in [3.05, 3.63) is 17.7 Å². The van der Waals surface area contributed by atoms with Crippen LogP contribution in [0, 0.1) is 0 Å². The number of aromatic carboxylic acids is 1. The molecule has 1 saturated carbocycles. The van der Waals surface area contributed by atoms with Crippen LogP contribution >= 0.6 is 0 Å². The summed E-state index contributed by atoms with van der Waals surface area (Å²) >= 11 is 0. The number of hydrogen-bond acceptors (Lipinski definition) is 4. The predicted molar refractivity (Wildman–Crippen MR) is 76.5 cm³/mol. The molecule has 1 atom stereocenters. The molecule has 1 fully saturated rings. The number of imidazole rings is 1. The van der Waals surface area contributed by atoms with Gasteiger partial charge in [-0.3, -0.25) is 4.21 Å². The van der Waals surface area contributed by atoms with Gasteiger partial charge in [0.1, 0.15) is 11.5 Å². The lowest BCUT2D eigenvalue weighted by molar-refractivity contribution is 0.0690. The van der Waals surface area contributed by atoms with Crippen molar-refractivity contribution in [2.75, 3.05) is 18.6 Å². The van der Waals surface area contributed by atoms with Gasteiger partial charge in [0.2, 0.25) is 0 Å². The van der Waals surface area contributed by atoms with Crippen LogP contribution < -0.4 is 10.6 Å². The standard InChI is InChI=1S/C12H18N4O4S/c1-21(20)6-5-13-11(19)16-12(3-2-4-12)10-14-7-8(15-10)9(17)18/h7H,2-6H2,1H3,(H,14,15)(H,17,18)(H2,13,16,19). The monoisotopic (exact) mass is 314 g/mol. The first-order valence-electron chi connectivity index (χ1n) is 6.58. The molecule has 0 saturated heterocycles. The first kappa shape index (κ1) is 15.5. The average molecular weight is 314 g/mol. The van der Waals surface area contributed by atoms with Gasteiger partial charge in [-0.2, -0.15) is 0 Å². The Morgan fingerprint density at radius 3 is 2.71 bits per heavy atom. The van der Waals surface area contributed by atoms with Crippen molar-refractivity contribution in [3.63, 3.8) is 0 Å². The number of aromatic amines is 1. The van der Waals surface area contributed by atoms with E-state index in [1.807, 2.05) is 0 Å². The number of carboxylic acid groups (broad SMARTS) is 1. The van der Waals surface area contributed by atoms with Gasteiger partial charge in [-0.15, -0.1) is 0 Å². The minimum Gasteiger partial charge on any atom is -0.477 e. The summed E-state index contributed by atoms with van der Waals surface area (Å²) in [4.78, 5) is 29.5. The first-order chi connectivity index (χ1) is 9.93. The molecule has 0 aliphatic heterocycles.